The Balaban J connectivity index is 0.000000180. The quantitative estimate of drug-likeness (QED) is 0.167. The van der Waals surface area contributed by atoms with Crippen molar-refractivity contribution in [2.75, 3.05) is 0 Å². The molecule has 0 aliphatic carbocycles. The summed E-state index contributed by atoms with van der Waals surface area (Å²) in [7, 11) is 0. The molecule has 0 spiro atoms. The zero-order valence-electron chi connectivity index (χ0n) is 23.9. The van der Waals surface area contributed by atoms with E-state index in [-0.39, 0.29) is 30.9 Å². The molecule has 0 aliphatic heterocycles. The molecule has 4 heteroatoms. The van der Waals surface area contributed by atoms with Crippen LogP contribution in [0.1, 0.15) is 52.7 Å². The maximum Gasteiger partial charge on any atom is 0.0239 e. The molecule has 0 bridgehead atoms. The molecular weight excluding hydrogens is 685 g/mol. The van der Waals surface area contributed by atoms with E-state index in [1.54, 1.807) is 0 Å². The van der Waals surface area contributed by atoms with Gasteiger partial charge in [0, 0.05) is 37.2 Å². The maximum atomic E-state index is 4.52. The van der Waals surface area contributed by atoms with Crippen LogP contribution in [0.15, 0.2) is 97.3 Å². The largest absolute Gasteiger partial charge is 0.305 e. The van der Waals surface area contributed by atoms with Crippen LogP contribution in [0.5, 0.6) is 0 Å². The molecular formula is C36H34IrN2S-2. The Bertz CT molecular complexity index is 1670. The SMILES string of the molecule is CC(C)(C)c1cc[c-]c(-c2cc(C(C)(C)C)ccn2)c1.[Ir].[c-]1ccc2c(sc3ccccc32)c1-c1ccccn1. The second-order valence-electron chi connectivity index (χ2n) is 11.8. The summed E-state index contributed by atoms with van der Waals surface area (Å²) in [6.45, 7) is 13.4. The fourth-order valence-corrected chi connectivity index (χ4v) is 5.72. The Hall–Kier alpha value is -3.17. The molecule has 0 atom stereocenters. The standard InChI is InChI=1S/C19H24N.C17H10NS.Ir/c1-18(2,3)15-9-7-8-14(12-15)17-13-16(10-11-20-17)19(4,5)6;1-2-10-16-12(6-1)13-7-5-8-14(17(13)19-16)15-9-3-4-11-18-15;/h7,9-13H,1-6H3;1-7,9-11H;/q2*-1;. The first-order valence-electron chi connectivity index (χ1n) is 13.3. The Morgan fingerprint density at radius 2 is 1.30 bits per heavy atom. The van der Waals surface area contributed by atoms with Crippen LogP contribution in [0.4, 0.5) is 0 Å². The van der Waals surface area contributed by atoms with Crippen molar-refractivity contribution in [1.29, 1.82) is 0 Å². The van der Waals surface area contributed by atoms with Crippen LogP contribution in [-0.2, 0) is 30.9 Å². The first kappa shape index (κ1) is 29.8. The number of pyridine rings is 2. The third kappa shape index (κ3) is 6.58. The molecule has 0 amide bonds. The van der Waals surface area contributed by atoms with Gasteiger partial charge in [0.1, 0.15) is 0 Å². The minimum atomic E-state index is 0. The number of rotatable bonds is 2. The summed E-state index contributed by atoms with van der Waals surface area (Å²) >= 11 is 1.81. The van der Waals surface area contributed by atoms with Crippen LogP contribution in [0.2, 0.25) is 0 Å². The molecule has 3 aromatic heterocycles. The summed E-state index contributed by atoms with van der Waals surface area (Å²) in [5, 5.41) is 2.61. The van der Waals surface area contributed by atoms with Crippen molar-refractivity contribution < 1.29 is 20.1 Å². The van der Waals surface area contributed by atoms with Crippen LogP contribution in [-0.4, -0.2) is 9.97 Å². The first-order valence-corrected chi connectivity index (χ1v) is 14.2. The molecule has 0 N–H and O–H groups in total. The minimum absolute atomic E-state index is 0. The van der Waals surface area contributed by atoms with Crippen LogP contribution < -0.4 is 0 Å². The van der Waals surface area contributed by atoms with Gasteiger partial charge < -0.3 is 9.97 Å². The molecule has 0 unspecified atom stereocenters. The van der Waals surface area contributed by atoms with E-state index in [0.29, 0.717) is 0 Å². The van der Waals surface area contributed by atoms with Gasteiger partial charge in [-0.1, -0.05) is 83.3 Å². The van der Waals surface area contributed by atoms with Crippen molar-refractivity contribution in [3.8, 4) is 22.5 Å². The molecule has 1 radical (unpaired) electrons. The fourth-order valence-electron chi connectivity index (χ4n) is 4.52. The minimum Gasteiger partial charge on any atom is -0.305 e. The molecule has 0 aliphatic rings. The average Bonchev–Trinajstić information content (AvgIpc) is 3.32. The Labute approximate surface area is 255 Å². The van der Waals surface area contributed by atoms with Gasteiger partial charge in [0.2, 0.25) is 0 Å². The summed E-state index contributed by atoms with van der Waals surface area (Å²) < 4.78 is 2.58. The zero-order chi connectivity index (χ0) is 27.6. The number of hydrogen-bond acceptors (Lipinski definition) is 3. The predicted molar refractivity (Wildman–Crippen MR) is 167 cm³/mol. The van der Waals surface area contributed by atoms with E-state index in [9.17, 15) is 0 Å². The van der Waals surface area contributed by atoms with Gasteiger partial charge in [0.15, 0.2) is 0 Å². The molecule has 6 aromatic rings. The van der Waals surface area contributed by atoms with Crippen LogP contribution >= 0.6 is 11.3 Å². The van der Waals surface area contributed by atoms with Crippen molar-refractivity contribution in [3.05, 3.63) is 121 Å². The summed E-state index contributed by atoms with van der Waals surface area (Å²) in [5.41, 5.74) is 7.06. The molecule has 40 heavy (non-hydrogen) atoms. The van der Waals surface area contributed by atoms with E-state index in [1.165, 1.54) is 31.3 Å². The second kappa shape index (κ2) is 12.1. The van der Waals surface area contributed by atoms with Gasteiger partial charge in [-0.25, -0.2) is 0 Å². The molecule has 6 rings (SSSR count). The number of aromatic nitrogens is 2. The zero-order valence-corrected chi connectivity index (χ0v) is 27.1. The maximum absolute atomic E-state index is 4.52. The van der Waals surface area contributed by atoms with E-state index in [1.807, 2.05) is 54.1 Å². The normalized spacial score (nSPS) is 11.6. The Kier molecular flexibility index (Phi) is 9.05. The van der Waals surface area contributed by atoms with Gasteiger partial charge in [-0.05, 0) is 56.1 Å². The first-order chi connectivity index (χ1) is 18.6. The Morgan fingerprint density at radius 1 is 0.625 bits per heavy atom. The van der Waals surface area contributed by atoms with Gasteiger partial charge >= 0.3 is 0 Å². The van der Waals surface area contributed by atoms with Crippen molar-refractivity contribution in [2.45, 2.75) is 52.4 Å². The fraction of sp³-hybridized carbons (Fsp3) is 0.222. The van der Waals surface area contributed by atoms with Crippen molar-refractivity contribution in [2.24, 2.45) is 0 Å². The molecule has 3 heterocycles. The van der Waals surface area contributed by atoms with Gasteiger partial charge in [-0.15, -0.1) is 59.2 Å². The number of fused-ring (bicyclic) bond motifs is 3. The average molecular weight is 719 g/mol. The van der Waals surface area contributed by atoms with Gasteiger partial charge in [0.25, 0.3) is 0 Å². The van der Waals surface area contributed by atoms with Crippen molar-refractivity contribution >= 4 is 31.5 Å². The molecule has 205 valence electrons. The molecule has 0 fully saturated rings. The Morgan fingerprint density at radius 3 is 2.02 bits per heavy atom. The topological polar surface area (TPSA) is 25.8 Å². The number of hydrogen-bond donors (Lipinski definition) is 0. The van der Waals surface area contributed by atoms with Gasteiger partial charge in [-0.3, -0.25) is 0 Å². The number of nitrogens with zero attached hydrogens (tertiary/aromatic N) is 2. The van der Waals surface area contributed by atoms with Crippen molar-refractivity contribution in [3.63, 3.8) is 0 Å². The van der Waals surface area contributed by atoms with E-state index in [0.717, 1.165) is 22.5 Å². The third-order valence-electron chi connectivity index (χ3n) is 6.83. The molecule has 2 nitrogen and oxygen atoms in total. The summed E-state index contributed by atoms with van der Waals surface area (Å²) in [6.07, 6.45) is 3.73. The van der Waals surface area contributed by atoms with Crippen LogP contribution in [0.3, 0.4) is 0 Å². The van der Waals surface area contributed by atoms with E-state index < -0.39 is 0 Å². The number of thiophene rings is 1. The van der Waals surface area contributed by atoms with Gasteiger partial charge in [0.05, 0.1) is 0 Å². The van der Waals surface area contributed by atoms with E-state index in [2.05, 4.69) is 118 Å². The predicted octanol–water partition coefficient (Wildman–Crippen LogP) is 10.1. The van der Waals surface area contributed by atoms with Crippen LogP contribution in [0.25, 0.3) is 42.7 Å². The van der Waals surface area contributed by atoms with E-state index >= 15 is 0 Å². The molecule has 0 saturated heterocycles. The summed E-state index contributed by atoms with van der Waals surface area (Å²) in [4.78, 5) is 8.96. The third-order valence-corrected chi connectivity index (χ3v) is 8.03. The molecule has 3 aromatic carbocycles. The smallest absolute Gasteiger partial charge is 0.0239 e. The van der Waals surface area contributed by atoms with E-state index in [4.69, 9.17) is 0 Å². The number of benzene rings is 3. The monoisotopic (exact) mass is 719 g/mol. The van der Waals surface area contributed by atoms with Crippen molar-refractivity contribution in [1.82, 2.24) is 9.97 Å². The van der Waals surface area contributed by atoms with Gasteiger partial charge in [-0.2, -0.15) is 11.3 Å². The summed E-state index contributed by atoms with van der Waals surface area (Å²) in [5.74, 6) is 0. The second-order valence-corrected chi connectivity index (χ2v) is 12.9. The van der Waals surface area contributed by atoms with Crippen LogP contribution in [0, 0.1) is 12.1 Å². The molecule has 0 saturated carbocycles. The summed E-state index contributed by atoms with van der Waals surface area (Å²) in [6, 6.07) is 35.9.